The summed E-state index contributed by atoms with van der Waals surface area (Å²) in [5.41, 5.74) is 1.45. The van der Waals surface area contributed by atoms with Gasteiger partial charge in [0.05, 0.1) is 5.56 Å². The van der Waals surface area contributed by atoms with Gasteiger partial charge in [0.2, 0.25) is 6.79 Å². The Hall–Kier alpha value is -2.65. The van der Waals surface area contributed by atoms with Crippen LogP contribution in [0.1, 0.15) is 11.1 Å². The van der Waals surface area contributed by atoms with E-state index in [9.17, 15) is 13.2 Å². The number of ether oxygens (including phenoxy) is 2. The van der Waals surface area contributed by atoms with Gasteiger partial charge in [-0.3, -0.25) is 0 Å². The summed E-state index contributed by atoms with van der Waals surface area (Å²) in [6, 6.07) is 9.20. The SMILES string of the molecule is CNCCNc1cc(C)cc(OCOc2cc(NCCNC)cc(C(F)(F)F)c2)c1. The second kappa shape index (κ2) is 11.5. The van der Waals surface area contributed by atoms with Gasteiger partial charge in [0.25, 0.3) is 0 Å². The quantitative estimate of drug-likeness (QED) is 0.307. The standard InChI is InChI=1S/C21H29F3N4O2/c1-15-8-17(27-6-4-25-2)12-19(9-15)29-14-30-20-11-16(21(22,23)24)10-18(13-20)28-7-5-26-3/h8-13,25-28H,4-7,14H2,1-3H3. The van der Waals surface area contributed by atoms with Crippen LogP contribution in [0.4, 0.5) is 24.5 Å². The summed E-state index contributed by atoms with van der Waals surface area (Å²) in [5, 5.41) is 12.2. The summed E-state index contributed by atoms with van der Waals surface area (Å²) in [4.78, 5) is 0. The Morgan fingerprint density at radius 3 is 1.80 bits per heavy atom. The topological polar surface area (TPSA) is 66.6 Å². The molecule has 4 N–H and O–H groups in total. The van der Waals surface area contributed by atoms with E-state index >= 15 is 0 Å². The summed E-state index contributed by atoms with van der Waals surface area (Å²) < 4.78 is 50.7. The van der Waals surface area contributed by atoms with Crippen molar-refractivity contribution in [1.29, 1.82) is 0 Å². The van der Waals surface area contributed by atoms with E-state index in [0.717, 1.165) is 36.5 Å². The summed E-state index contributed by atoms with van der Waals surface area (Å²) in [7, 11) is 3.64. The molecular formula is C21H29F3N4O2. The first-order valence-electron chi connectivity index (χ1n) is 9.68. The highest BCUT2D eigenvalue weighted by molar-refractivity contribution is 5.52. The van der Waals surface area contributed by atoms with Gasteiger partial charge >= 0.3 is 6.18 Å². The minimum Gasteiger partial charge on any atom is -0.457 e. The van der Waals surface area contributed by atoms with Crippen LogP contribution in [0.15, 0.2) is 36.4 Å². The van der Waals surface area contributed by atoms with Crippen molar-refractivity contribution in [2.24, 2.45) is 0 Å². The minimum absolute atomic E-state index is 0.0804. The maximum atomic E-state index is 13.2. The molecule has 0 amide bonds. The third kappa shape index (κ3) is 8.00. The maximum Gasteiger partial charge on any atom is 0.416 e. The molecule has 0 atom stereocenters. The first kappa shape index (κ1) is 23.6. The zero-order chi connectivity index (χ0) is 22.0. The smallest absolute Gasteiger partial charge is 0.416 e. The fraction of sp³-hybridized carbons (Fsp3) is 0.429. The third-order valence-electron chi connectivity index (χ3n) is 4.14. The fourth-order valence-electron chi connectivity index (χ4n) is 2.71. The second-order valence-corrected chi connectivity index (χ2v) is 6.75. The molecular weight excluding hydrogens is 397 g/mol. The van der Waals surface area contributed by atoms with Crippen molar-refractivity contribution in [3.05, 3.63) is 47.5 Å². The Kier molecular flexibility index (Phi) is 9.07. The van der Waals surface area contributed by atoms with E-state index in [1.54, 1.807) is 7.05 Å². The van der Waals surface area contributed by atoms with Gasteiger partial charge in [-0.2, -0.15) is 13.2 Å². The average Bonchev–Trinajstić information content (AvgIpc) is 2.67. The van der Waals surface area contributed by atoms with Crippen LogP contribution in [-0.4, -0.2) is 47.1 Å². The van der Waals surface area contributed by atoms with E-state index in [0.29, 0.717) is 24.5 Å². The minimum atomic E-state index is -4.47. The normalized spacial score (nSPS) is 11.3. The number of halogens is 3. The number of hydrogen-bond donors (Lipinski definition) is 4. The Bertz CT molecular complexity index is 800. The van der Waals surface area contributed by atoms with Crippen molar-refractivity contribution < 1.29 is 22.6 Å². The van der Waals surface area contributed by atoms with Crippen molar-refractivity contribution in [1.82, 2.24) is 10.6 Å². The van der Waals surface area contributed by atoms with E-state index in [-0.39, 0.29) is 12.5 Å². The number of alkyl halides is 3. The molecule has 6 nitrogen and oxygen atoms in total. The van der Waals surface area contributed by atoms with Crippen LogP contribution in [-0.2, 0) is 6.18 Å². The molecule has 30 heavy (non-hydrogen) atoms. The van der Waals surface area contributed by atoms with E-state index in [1.165, 1.54) is 6.07 Å². The zero-order valence-corrected chi connectivity index (χ0v) is 17.5. The molecule has 0 radical (unpaired) electrons. The molecule has 0 unspecified atom stereocenters. The highest BCUT2D eigenvalue weighted by atomic mass is 19.4. The molecule has 0 aliphatic heterocycles. The van der Waals surface area contributed by atoms with Gasteiger partial charge in [-0.1, -0.05) is 0 Å². The Labute approximate surface area is 175 Å². The van der Waals surface area contributed by atoms with Crippen LogP contribution in [0.2, 0.25) is 0 Å². The van der Waals surface area contributed by atoms with Crippen LogP contribution < -0.4 is 30.7 Å². The molecule has 0 spiro atoms. The third-order valence-corrected chi connectivity index (χ3v) is 4.14. The van der Waals surface area contributed by atoms with Crippen molar-refractivity contribution in [2.75, 3.05) is 57.7 Å². The van der Waals surface area contributed by atoms with Gasteiger partial charge in [0, 0.05) is 49.7 Å². The highest BCUT2D eigenvalue weighted by Crippen LogP contribution is 2.34. The summed E-state index contributed by atoms with van der Waals surface area (Å²) in [6.45, 7) is 4.40. The Morgan fingerprint density at radius 2 is 1.27 bits per heavy atom. The lowest BCUT2D eigenvalue weighted by Gasteiger charge is -2.15. The second-order valence-electron chi connectivity index (χ2n) is 6.75. The van der Waals surface area contributed by atoms with Crippen LogP contribution in [0.3, 0.4) is 0 Å². The van der Waals surface area contributed by atoms with Crippen molar-refractivity contribution >= 4 is 11.4 Å². The molecule has 0 aromatic heterocycles. The van der Waals surface area contributed by atoms with Gasteiger partial charge in [0.15, 0.2) is 0 Å². The molecule has 2 aromatic carbocycles. The molecule has 9 heteroatoms. The van der Waals surface area contributed by atoms with Gasteiger partial charge < -0.3 is 30.7 Å². The van der Waals surface area contributed by atoms with Crippen LogP contribution in [0, 0.1) is 6.92 Å². The number of benzene rings is 2. The lowest BCUT2D eigenvalue weighted by Crippen LogP contribution is -2.18. The number of rotatable bonds is 12. The molecule has 0 saturated heterocycles. The van der Waals surface area contributed by atoms with Gasteiger partial charge in [-0.05, 0) is 50.8 Å². The van der Waals surface area contributed by atoms with Crippen molar-refractivity contribution in [3.8, 4) is 11.5 Å². The van der Waals surface area contributed by atoms with E-state index in [4.69, 9.17) is 9.47 Å². The Morgan fingerprint density at radius 1 is 0.733 bits per heavy atom. The highest BCUT2D eigenvalue weighted by Gasteiger charge is 2.31. The Balaban J connectivity index is 2.03. The number of anilines is 2. The van der Waals surface area contributed by atoms with Gasteiger partial charge in [0.1, 0.15) is 11.5 Å². The molecule has 166 valence electrons. The summed E-state index contributed by atoms with van der Waals surface area (Å²) >= 11 is 0. The predicted molar refractivity (Wildman–Crippen MR) is 114 cm³/mol. The van der Waals surface area contributed by atoms with E-state index in [1.807, 2.05) is 32.2 Å². The van der Waals surface area contributed by atoms with E-state index in [2.05, 4.69) is 21.3 Å². The monoisotopic (exact) mass is 426 g/mol. The molecule has 2 aromatic rings. The number of hydrogen-bond acceptors (Lipinski definition) is 6. The largest absolute Gasteiger partial charge is 0.457 e. The summed E-state index contributed by atoms with van der Waals surface area (Å²) in [5.74, 6) is 0.651. The first-order valence-corrected chi connectivity index (χ1v) is 9.68. The molecule has 2 rings (SSSR count). The fourth-order valence-corrected chi connectivity index (χ4v) is 2.71. The number of nitrogens with one attached hydrogen (secondary N) is 4. The predicted octanol–water partition coefficient (Wildman–Crippen LogP) is 3.69. The first-order chi connectivity index (χ1) is 14.3. The van der Waals surface area contributed by atoms with Crippen LogP contribution in [0.5, 0.6) is 11.5 Å². The lowest BCUT2D eigenvalue weighted by atomic mass is 10.2. The molecule has 0 heterocycles. The van der Waals surface area contributed by atoms with Crippen LogP contribution in [0.25, 0.3) is 0 Å². The molecule has 0 fully saturated rings. The van der Waals surface area contributed by atoms with Crippen molar-refractivity contribution in [2.45, 2.75) is 13.1 Å². The summed E-state index contributed by atoms with van der Waals surface area (Å²) in [6.07, 6.45) is -4.47. The molecule has 0 bridgehead atoms. The van der Waals surface area contributed by atoms with Gasteiger partial charge in [-0.15, -0.1) is 0 Å². The maximum absolute atomic E-state index is 13.2. The average molecular weight is 426 g/mol. The number of likely N-dealkylation sites (N-methyl/N-ethyl adjacent to an activating group) is 2. The molecule has 0 aliphatic carbocycles. The zero-order valence-electron chi connectivity index (χ0n) is 17.5. The van der Waals surface area contributed by atoms with Gasteiger partial charge in [-0.25, -0.2) is 0 Å². The van der Waals surface area contributed by atoms with Crippen molar-refractivity contribution in [3.63, 3.8) is 0 Å². The number of aryl methyl sites for hydroxylation is 1. The lowest BCUT2D eigenvalue weighted by molar-refractivity contribution is -0.137. The molecule has 0 aliphatic rings. The van der Waals surface area contributed by atoms with Crippen LogP contribution >= 0.6 is 0 Å². The van der Waals surface area contributed by atoms with E-state index < -0.39 is 11.7 Å². The molecule has 0 saturated carbocycles.